The van der Waals surface area contributed by atoms with Crippen LogP contribution in [0.1, 0.15) is 19.4 Å². The summed E-state index contributed by atoms with van der Waals surface area (Å²) in [5.74, 6) is -0.755. The third kappa shape index (κ3) is 3.57. The molecule has 6 nitrogen and oxygen atoms in total. The number of carbonyl (C=O) groups is 3. The van der Waals surface area contributed by atoms with Crippen LogP contribution in [-0.4, -0.2) is 35.3 Å². The molecule has 1 atom stereocenters. The molecule has 22 heavy (non-hydrogen) atoms. The van der Waals surface area contributed by atoms with Gasteiger partial charge in [0.25, 0.3) is 5.91 Å². The lowest BCUT2D eigenvalue weighted by Crippen LogP contribution is -2.39. The van der Waals surface area contributed by atoms with Gasteiger partial charge >= 0.3 is 6.03 Å². The van der Waals surface area contributed by atoms with Crippen LogP contribution in [-0.2, 0) is 9.59 Å². The molecule has 1 saturated heterocycles. The highest BCUT2D eigenvalue weighted by Gasteiger charge is 2.40. The monoisotopic (exact) mass is 415 g/mol. The minimum Gasteiger partial charge on any atom is -0.326 e. The Balaban J connectivity index is 2.03. The van der Waals surface area contributed by atoms with E-state index >= 15 is 0 Å². The number of halogens is 1. The van der Waals surface area contributed by atoms with Gasteiger partial charge in [-0.3, -0.25) is 14.5 Å². The number of anilines is 1. The minimum absolute atomic E-state index is 0.0112. The average Bonchev–Trinajstić information content (AvgIpc) is 2.70. The molecule has 1 aromatic rings. The normalized spacial score (nSPS) is 17.9. The summed E-state index contributed by atoms with van der Waals surface area (Å²) in [6, 6.07) is 4.56. The number of benzene rings is 1. The summed E-state index contributed by atoms with van der Waals surface area (Å²) < 4.78 is 1.07. The number of nitrogens with zero attached hydrogens (tertiary/aromatic N) is 1. The van der Waals surface area contributed by atoms with Gasteiger partial charge in [-0.2, -0.15) is 0 Å². The van der Waals surface area contributed by atoms with Crippen molar-refractivity contribution in [1.82, 2.24) is 10.2 Å². The summed E-state index contributed by atoms with van der Waals surface area (Å²) in [6.07, 6.45) is 0. The zero-order valence-electron chi connectivity index (χ0n) is 12.6. The van der Waals surface area contributed by atoms with E-state index in [2.05, 4.69) is 33.2 Å². The Morgan fingerprint density at radius 1 is 1.41 bits per heavy atom. The average molecular weight is 415 g/mol. The molecule has 1 aliphatic heterocycles. The Hall–Kier alpha value is -1.64. The van der Waals surface area contributed by atoms with E-state index in [9.17, 15) is 14.4 Å². The molecule has 0 bridgehead atoms. The van der Waals surface area contributed by atoms with Crippen LogP contribution in [0.4, 0.5) is 10.5 Å². The van der Waals surface area contributed by atoms with Crippen LogP contribution in [0.25, 0.3) is 0 Å². The lowest BCUT2D eigenvalue weighted by atomic mass is 10.1. The van der Waals surface area contributed by atoms with Gasteiger partial charge in [-0.1, -0.05) is 13.8 Å². The molecule has 1 aliphatic rings. The fourth-order valence-electron chi connectivity index (χ4n) is 2.24. The molecule has 118 valence electrons. The number of carbonyl (C=O) groups excluding carboxylic acids is 3. The first-order valence-corrected chi connectivity index (χ1v) is 8.05. The zero-order chi connectivity index (χ0) is 16.4. The van der Waals surface area contributed by atoms with Crippen molar-refractivity contribution in [2.24, 2.45) is 5.92 Å². The van der Waals surface area contributed by atoms with Gasteiger partial charge in [0.05, 0.1) is 0 Å². The smallest absolute Gasteiger partial charge is 0.325 e. The molecule has 0 aliphatic carbocycles. The van der Waals surface area contributed by atoms with Crippen LogP contribution in [0, 0.1) is 16.4 Å². The predicted octanol–water partition coefficient (Wildman–Crippen LogP) is 2.11. The fraction of sp³-hybridized carbons (Fsp3) is 0.400. The molecule has 0 spiro atoms. The van der Waals surface area contributed by atoms with Crippen molar-refractivity contribution < 1.29 is 14.4 Å². The fourth-order valence-corrected chi connectivity index (χ4v) is 2.89. The van der Waals surface area contributed by atoms with Crippen LogP contribution < -0.4 is 10.6 Å². The molecular formula is C15H18IN3O3. The van der Waals surface area contributed by atoms with E-state index in [4.69, 9.17) is 0 Å². The first-order chi connectivity index (χ1) is 10.3. The molecule has 0 saturated carbocycles. The number of hydrogen-bond acceptors (Lipinski definition) is 3. The Morgan fingerprint density at radius 3 is 2.64 bits per heavy atom. The van der Waals surface area contributed by atoms with E-state index in [-0.39, 0.29) is 18.4 Å². The van der Waals surface area contributed by atoms with Gasteiger partial charge in [-0.25, -0.2) is 4.79 Å². The SMILES string of the molecule is Cc1cc(I)ccc1NC(=O)CN1C(=O)NC(C(C)C)C1=O. The molecule has 1 heterocycles. The summed E-state index contributed by atoms with van der Waals surface area (Å²) in [5.41, 5.74) is 1.61. The first kappa shape index (κ1) is 16.7. The second kappa shape index (κ2) is 6.64. The lowest BCUT2D eigenvalue weighted by Gasteiger charge is -2.15. The van der Waals surface area contributed by atoms with Crippen LogP contribution in [0.3, 0.4) is 0 Å². The van der Waals surface area contributed by atoms with Gasteiger partial charge in [0, 0.05) is 9.26 Å². The Morgan fingerprint density at radius 2 is 2.09 bits per heavy atom. The zero-order valence-corrected chi connectivity index (χ0v) is 14.8. The van der Waals surface area contributed by atoms with Crippen LogP contribution in [0.15, 0.2) is 18.2 Å². The number of aryl methyl sites for hydroxylation is 1. The van der Waals surface area contributed by atoms with Crippen molar-refractivity contribution in [3.05, 3.63) is 27.3 Å². The molecule has 2 rings (SSSR count). The van der Waals surface area contributed by atoms with Crippen molar-refractivity contribution in [2.45, 2.75) is 26.8 Å². The molecule has 2 N–H and O–H groups in total. The van der Waals surface area contributed by atoms with Crippen molar-refractivity contribution in [1.29, 1.82) is 0 Å². The van der Waals surface area contributed by atoms with E-state index in [1.807, 2.05) is 32.9 Å². The molecule has 0 radical (unpaired) electrons. The van der Waals surface area contributed by atoms with Crippen molar-refractivity contribution in [2.75, 3.05) is 11.9 Å². The maximum atomic E-state index is 12.1. The minimum atomic E-state index is -0.555. The van der Waals surface area contributed by atoms with E-state index in [0.717, 1.165) is 14.0 Å². The number of nitrogens with one attached hydrogen (secondary N) is 2. The van der Waals surface area contributed by atoms with Crippen LogP contribution in [0.2, 0.25) is 0 Å². The topological polar surface area (TPSA) is 78.5 Å². The second-order valence-corrected chi connectivity index (χ2v) is 6.85. The van der Waals surface area contributed by atoms with Gasteiger partial charge in [0.2, 0.25) is 5.91 Å². The summed E-state index contributed by atoms with van der Waals surface area (Å²) in [7, 11) is 0. The Kier molecular flexibility index (Phi) is 5.05. The van der Waals surface area contributed by atoms with Gasteiger partial charge in [-0.05, 0) is 59.2 Å². The second-order valence-electron chi connectivity index (χ2n) is 5.60. The number of imide groups is 1. The van der Waals surface area contributed by atoms with Gasteiger partial charge in [0.15, 0.2) is 0 Å². The predicted molar refractivity (Wildman–Crippen MR) is 91.4 cm³/mol. The molecule has 1 aromatic carbocycles. The lowest BCUT2D eigenvalue weighted by molar-refractivity contribution is -0.131. The summed E-state index contributed by atoms with van der Waals surface area (Å²) in [4.78, 5) is 37.0. The number of urea groups is 1. The highest BCUT2D eigenvalue weighted by atomic mass is 127. The van der Waals surface area contributed by atoms with Crippen LogP contribution in [0.5, 0.6) is 0 Å². The largest absolute Gasteiger partial charge is 0.326 e. The highest BCUT2D eigenvalue weighted by molar-refractivity contribution is 14.1. The quantitative estimate of drug-likeness (QED) is 0.584. The van der Waals surface area contributed by atoms with E-state index in [1.54, 1.807) is 6.07 Å². The van der Waals surface area contributed by atoms with Crippen molar-refractivity contribution in [3.8, 4) is 0 Å². The van der Waals surface area contributed by atoms with E-state index in [0.29, 0.717) is 5.69 Å². The molecule has 4 amide bonds. The summed E-state index contributed by atoms with van der Waals surface area (Å²) >= 11 is 2.19. The van der Waals surface area contributed by atoms with Gasteiger partial charge in [0.1, 0.15) is 12.6 Å². The van der Waals surface area contributed by atoms with Gasteiger partial charge < -0.3 is 10.6 Å². The standard InChI is InChI=1S/C15H18IN3O3/c1-8(2)13-14(21)19(15(22)18-13)7-12(20)17-11-5-4-10(16)6-9(11)3/h4-6,8,13H,7H2,1-3H3,(H,17,20)(H,18,22). The van der Waals surface area contributed by atoms with Crippen molar-refractivity contribution >= 4 is 46.1 Å². The third-order valence-corrected chi connectivity index (χ3v) is 4.16. The van der Waals surface area contributed by atoms with Crippen molar-refractivity contribution in [3.63, 3.8) is 0 Å². The molecular weight excluding hydrogens is 397 g/mol. The molecule has 7 heteroatoms. The number of amides is 4. The van der Waals surface area contributed by atoms with Gasteiger partial charge in [-0.15, -0.1) is 0 Å². The maximum absolute atomic E-state index is 12.1. The first-order valence-electron chi connectivity index (χ1n) is 6.97. The summed E-state index contributed by atoms with van der Waals surface area (Å²) in [6.45, 7) is 5.31. The third-order valence-electron chi connectivity index (χ3n) is 3.49. The molecule has 1 unspecified atom stereocenters. The van der Waals surface area contributed by atoms with E-state index < -0.39 is 18.0 Å². The van der Waals surface area contributed by atoms with E-state index in [1.165, 1.54) is 0 Å². The van der Waals surface area contributed by atoms with Crippen LogP contribution >= 0.6 is 22.6 Å². The maximum Gasteiger partial charge on any atom is 0.325 e. The number of rotatable bonds is 4. The summed E-state index contributed by atoms with van der Waals surface area (Å²) in [5, 5.41) is 5.33. The highest BCUT2D eigenvalue weighted by Crippen LogP contribution is 2.18. The Labute approximate surface area is 142 Å². The molecule has 1 fully saturated rings. The Bertz CT molecular complexity index is 630. The number of hydrogen-bond donors (Lipinski definition) is 2. The molecule has 0 aromatic heterocycles.